The van der Waals surface area contributed by atoms with Crippen molar-refractivity contribution in [2.75, 3.05) is 7.11 Å². The maximum Gasteiger partial charge on any atom is 0.410 e. The first-order valence-corrected chi connectivity index (χ1v) is 5.25. The summed E-state index contributed by atoms with van der Waals surface area (Å²) in [5.74, 6) is 0. The smallest absolute Gasteiger partial charge is 0.410 e. The largest absolute Gasteiger partial charge is 0.453 e. The second-order valence-corrected chi connectivity index (χ2v) is 4.59. The van der Waals surface area contributed by atoms with E-state index in [-0.39, 0.29) is 23.6 Å². The minimum Gasteiger partial charge on any atom is -0.453 e. The number of carbonyl (C=O) groups excluding carboxylic acids is 1. The lowest BCUT2D eigenvalue weighted by Crippen LogP contribution is -2.48. The van der Waals surface area contributed by atoms with Gasteiger partial charge in [-0.05, 0) is 19.3 Å². The summed E-state index contributed by atoms with van der Waals surface area (Å²) in [5, 5.41) is 9.80. The molecule has 2 bridgehead atoms. The van der Waals surface area contributed by atoms with Gasteiger partial charge >= 0.3 is 6.09 Å². The Morgan fingerprint density at radius 3 is 2.79 bits per heavy atom. The normalized spacial score (nSPS) is 41.2. The highest BCUT2D eigenvalue weighted by molar-refractivity contribution is 6.20. The van der Waals surface area contributed by atoms with Crippen molar-refractivity contribution in [1.29, 1.82) is 0 Å². The standard InChI is InChI=1S/C9H14ClNO3/c1-14-9(13)11-6-2-5(10)3-7(11)8(12)4-6/h5-8,12H,2-4H2,1H3/t5-,6?,7?,8+/m0/s1. The van der Waals surface area contributed by atoms with E-state index in [4.69, 9.17) is 11.6 Å². The predicted octanol–water partition coefficient (Wildman–Crippen LogP) is 0.958. The number of fused-ring (bicyclic) bond motifs is 2. The fourth-order valence-electron chi connectivity index (χ4n) is 2.53. The van der Waals surface area contributed by atoms with Crippen molar-refractivity contribution in [3.8, 4) is 0 Å². The summed E-state index contributed by atoms with van der Waals surface area (Å²) in [5.41, 5.74) is 0. The highest BCUT2D eigenvalue weighted by atomic mass is 35.5. The molecule has 5 heteroatoms. The molecule has 2 fully saturated rings. The van der Waals surface area contributed by atoms with Gasteiger partial charge in [0.25, 0.3) is 0 Å². The number of aliphatic hydroxyl groups excluding tert-OH is 1. The second-order valence-electron chi connectivity index (χ2n) is 3.97. The van der Waals surface area contributed by atoms with Crippen LogP contribution < -0.4 is 0 Å². The number of hydrogen-bond donors (Lipinski definition) is 1. The number of alkyl halides is 1. The number of piperidine rings is 1. The van der Waals surface area contributed by atoms with Gasteiger partial charge in [-0.1, -0.05) is 0 Å². The van der Waals surface area contributed by atoms with Crippen molar-refractivity contribution < 1.29 is 14.6 Å². The van der Waals surface area contributed by atoms with Crippen molar-refractivity contribution in [3.63, 3.8) is 0 Å². The van der Waals surface area contributed by atoms with Crippen LogP contribution in [0.5, 0.6) is 0 Å². The molecular weight excluding hydrogens is 206 g/mol. The van der Waals surface area contributed by atoms with E-state index in [9.17, 15) is 9.90 Å². The first-order chi connectivity index (χ1) is 6.63. The van der Waals surface area contributed by atoms with Crippen molar-refractivity contribution in [1.82, 2.24) is 4.90 Å². The number of hydrogen-bond acceptors (Lipinski definition) is 3. The van der Waals surface area contributed by atoms with Gasteiger partial charge in [0, 0.05) is 11.4 Å². The van der Waals surface area contributed by atoms with Crippen LogP contribution >= 0.6 is 11.6 Å². The fraction of sp³-hybridized carbons (Fsp3) is 0.889. The zero-order valence-corrected chi connectivity index (χ0v) is 8.78. The zero-order chi connectivity index (χ0) is 10.3. The number of halogens is 1. The summed E-state index contributed by atoms with van der Waals surface area (Å²) >= 11 is 6.03. The Balaban J connectivity index is 2.16. The van der Waals surface area contributed by atoms with Crippen LogP contribution in [0.25, 0.3) is 0 Å². The number of nitrogens with zero attached hydrogens (tertiary/aromatic N) is 1. The van der Waals surface area contributed by atoms with E-state index < -0.39 is 6.10 Å². The van der Waals surface area contributed by atoms with Crippen LogP contribution in [0, 0.1) is 0 Å². The van der Waals surface area contributed by atoms with E-state index in [1.807, 2.05) is 0 Å². The summed E-state index contributed by atoms with van der Waals surface area (Å²) < 4.78 is 4.69. The summed E-state index contributed by atoms with van der Waals surface area (Å²) in [6.07, 6.45) is 1.25. The van der Waals surface area contributed by atoms with Crippen LogP contribution in [0.15, 0.2) is 0 Å². The first kappa shape index (κ1) is 10.1. The Labute approximate surface area is 87.8 Å². The van der Waals surface area contributed by atoms with Crippen LogP contribution in [0.2, 0.25) is 0 Å². The van der Waals surface area contributed by atoms with Gasteiger partial charge in [-0.25, -0.2) is 4.79 Å². The average Bonchev–Trinajstić information content (AvgIpc) is 2.34. The van der Waals surface area contributed by atoms with E-state index in [0.29, 0.717) is 12.8 Å². The van der Waals surface area contributed by atoms with Crippen LogP contribution in [0.4, 0.5) is 4.79 Å². The number of methoxy groups -OCH3 is 1. The zero-order valence-electron chi connectivity index (χ0n) is 8.02. The van der Waals surface area contributed by atoms with Gasteiger partial charge in [-0.3, -0.25) is 4.90 Å². The number of amides is 1. The molecular formula is C9H14ClNO3. The quantitative estimate of drug-likeness (QED) is 0.618. The van der Waals surface area contributed by atoms with Crippen molar-refractivity contribution >= 4 is 17.7 Å². The molecule has 0 radical (unpaired) electrons. The molecule has 2 heterocycles. The van der Waals surface area contributed by atoms with Crippen molar-refractivity contribution in [3.05, 3.63) is 0 Å². The molecule has 0 spiro atoms. The molecule has 2 saturated heterocycles. The van der Waals surface area contributed by atoms with Crippen LogP contribution in [0.1, 0.15) is 19.3 Å². The summed E-state index contributed by atoms with van der Waals surface area (Å²) in [4.78, 5) is 13.1. The number of aliphatic hydroxyl groups is 1. The lowest BCUT2D eigenvalue weighted by atomic mass is 10.0. The molecule has 0 saturated carbocycles. The van der Waals surface area contributed by atoms with Gasteiger partial charge in [-0.15, -0.1) is 11.6 Å². The Bertz CT molecular complexity index is 246. The molecule has 0 aromatic carbocycles. The van der Waals surface area contributed by atoms with Gasteiger partial charge < -0.3 is 9.84 Å². The van der Waals surface area contributed by atoms with Gasteiger partial charge in [0.2, 0.25) is 0 Å². The number of rotatable bonds is 0. The molecule has 2 rings (SSSR count). The molecule has 1 amide bonds. The lowest BCUT2D eigenvalue weighted by molar-refractivity contribution is 0.0642. The molecule has 4 nitrogen and oxygen atoms in total. The number of ether oxygens (including phenoxy) is 1. The van der Waals surface area contributed by atoms with E-state index in [2.05, 4.69) is 4.74 Å². The van der Waals surface area contributed by atoms with Gasteiger partial charge in [-0.2, -0.15) is 0 Å². The first-order valence-electron chi connectivity index (χ1n) is 4.82. The van der Waals surface area contributed by atoms with E-state index in [1.54, 1.807) is 4.90 Å². The van der Waals surface area contributed by atoms with Crippen molar-refractivity contribution in [2.24, 2.45) is 0 Å². The summed E-state index contributed by atoms with van der Waals surface area (Å²) in [7, 11) is 1.36. The minimum absolute atomic E-state index is 0.0544. The molecule has 1 N–H and O–H groups in total. The van der Waals surface area contributed by atoms with Crippen molar-refractivity contribution in [2.45, 2.75) is 42.8 Å². The Hall–Kier alpha value is -0.480. The maximum atomic E-state index is 11.4. The molecule has 0 aliphatic carbocycles. The molecule has 14 heavy (non-hydrogen) atoms. The molecule has 4 atom stereocenters. The third-order valence-electron chi connectivity index (χ3n) is 3.12. The van der Waals surface area contributed by atoms with Crippen LogP contribution in [-0.2, 0) is 4.74 Å². The Kier molecular flexibility index (Phi) is 2.58. The molecule has 2 unspecified atom stereocenters. The summed E-state index contributed by atoms with van der Waals surface area (Å²) in [6, 6.07) is -0.0950. The lowest BCUT2D eigenvalue weighted by Gasteiger charge is -2.35. The Morgan fingerprint density at radius 2 is 2.21 bits per heavy atom. The fourth-order valence-corrected chi connectivity index (χ4v) is 2.92. The third-order valence-corrected chi connectivity index (χ3v) is 3.48. The Morgan fingerprint density at radius 1 is 1.50 bits per heavy atom. The van der Waals surface area contributed by atoms with Crippen LogP contribution in [-0.4, -0.2) is 46.8 Å². The highest BCUT2D eigenvalue weighted by Crippen LogP contribution is 2.38. The number of carbonyl (C=O) groups is 1. The van der Waals surface area contributed by atoms with Crippen LogP contribution in [0.3, 0.4) is 0 Å². The SMILES string of the molecule is COC(=O)N1C2C[C@H](Cl)CC1[C@H](O)C2. The monoisotopic (exact) mass is 219 g/mol. The van der Waals surface area contributed by atoms with Gasteiger partial charge in [0.1, 0.15) is 0 Å². The van der Waals surface area contributed by atoms with Gasteiger partial charge in [0.15, 0.2) is 0 Å². The maximum absolute atomic E-state index is 11.4. The third kappa shape index (κ3) is 1.46. The van der Waals surface area contributed by atoms with E-state index in [1.165, 1.54) is 7.11 Å². The predicted molar refractivity (Wildman–Crippen MR) is 51.3 cm³/mol. The molecule has 2 aliphatic rings. The molecule has 0 aromatic heterocycles. The highest BCUT2D eigenvalue weighted by Gasteiger charge is 2.48. The van der Waals surface area contributed by atoms with E-state index >= 15 is 0 Å². The second kappa shape index (κ2) is 3.59. The molecule has 80 valence electrons. The molecule has 0 aromatic rings. The summed E-state index contributed by atoms with van der Waals surface area (Å²) in [6.45, 7) is 0. The average molecular weight is 220 g/mol. The topological polar surface area (TPSA) is 49.8 Å². The van der Waals surface area contributed by atoms with E-state index in [0.717, 1.165) is 6.42 Å². The minimum atomic E-state index is -0.442. The van der Waals surface area contributed by atoms with Gasteiger partial charge in [0.05, 0.1) is 19.3 Å². The molecule has 2 aliphatic heterocycles.